The van der Waals surface area contributed by atoms with Gasteiger partial charge in [0.2, 0.25) is 0 Å². The molecule has 0 saturated heterocycles. The van der Waals surface area contributed by atoms with Crippen LogP contribution in [-0.4, -0.2) is 15.9 Å². The van der Waals surface area contributed by atoms with Crippen molar-refractivity contribution in [2.75, 3.05) is 11.1 Å². The summed E-state index contributed by atoms with van der Waals surface area (Å²) in [6.07, 6.45) is 1.70. The van der Waals surface area contributed by atoms with Gasteiger partial charge in [0, 0.05) is 16.1 Å². The Morgan fingerprint density at radius 3 is 2.95 bits per heavy atom. The van der Waals surface area contributed by atoms with Crippen molar-refractivity contribution in [1.29, 1.82) is 0 Å². The van der Waals surface area contributed by atoms with Gasteiger partial charge in [0.1, 0.15) is 4.88 Å². The number of halogens is 1. The van der Waals surface area contributed by atoms with Gasteiger partial charge in [-0.15, -0.1) is 0 Å². The van der Waals surface area contributed by atoms with Crippen LogP contribution in [0, 0.1) is 6.92 Å². The molecule has 0 bridgehead atoms. The van der Waals surface area contributed by atoms with E-state index in [0.717, 1.165) is 15.4 Å². The summed E-state index contributed by atoms with van der Waals surface area (Å²) in [5.41, 5.74) is 7.66. The lowest BCUT2D eigenvalue weighted by Crippen LogP contribution is -2.12. The number of rotatable bonds is 2. The van der Waals surface area contributed by atoms with E-state index in [2.05, 4.69) is 31.2 Å². The molecule has 1 aromatic carbocycles. The first kappa shape index (κ1) is 14.0. The number of nitrogens with zero attached hydrogens (tertiary/aromatic N) is 2. The van der Waals surface area contributed by atoms with E-state index < -0.39 is 0 Å². The van der Waals surface area contributed by atoms with E-state index in [0.29, 0.717) is 21.4 Å². The first-order valence-electron chi connectivity index (χ1n) is 6.13. The van der Waals surface area contributed by atoms with Crippen molar-refractivity contribution >= 4 is 54.9 Å². The lowest BCUT2D eigenvalue weighted by molar-refractivity contribution is 0.103. The Kier molecular flexibility index (Phi) is 3.60. The minimum Gasteiger partial charge on any atom is -0.375 e. The van der Waals surface area contributed by atoms with Crippen LogP contribution in [0.5, 0.6) is 0 Å². The van der Waals surface area contributed by atoms with Crippen LogP contribution >= 0.6 is 27.3 Å². The molecule has 2 heterocycles. The highest BCUT2D eigenvalue weighted by Crippen LogP contribution is 2.26. The molecule has 0 aliphatic rings. The van der Waals surface area contributed by atoms with Crippen molar-refractivity contribution in [1.82, 2.24) is 9.97 Å². The average Bonchev–Trinajstić information content (AvgIpc) is 2.77. The van der Waals surface area contributed by atoms with Crippen LogP contribution in [0.15, 0.2) is 34.9 Å². The van der Waals surface area contributed by atoms with Crippen LogP contribution in [0.2, 0.25) is 0 Å². The number of amides is 1. The fourth-order valence-electron chi connectivity index (χ4n) is 2.04. The number of anilines is 2. The maximum Gasteiger partial charge on any atom is 0.267 e. The molecule has 0 fully saturated rings. The molecule has 3 rings (SSSR count). The Bertz CT molecular complexity index is 846. The normalized spacial score (nSPS) is 10.8. The summed E-state index contributed by atoms with van der Waals surface area (Å²) in [6.45, 7) is 1.76. The predicted octanol–water partition coefficient (Wildman–Crippen LogP) is 3.60. The summed E-state index contributed by atoms with van der Waals surface area (Å²) < 4.78 is 0.893. The molecule has 0 unspecified atom stereocenters. The predicted molar refractivity (Wildman–Crippen MR) is 88.7 cm³/mol. The van der Waals surface area contributed by atoms with Gasteiger partial charge in [-0.3, -0.25) is 9.78 Å². The highest BCUT2D eigenvalue weighted by Gasteiger charge is 2.15. The molecule has 0 atom stereocenters. The lowest BCUT2D eigenvalue weighted by Gasteiger charge is -2.07. The van der Waals surface area contributed by atoms with E-state index in [1.807, 2.05) is 24.3 Å². The Morgan fingerprint density at radius 2 is 2.24 bits per heavy atom. The number of nitrogens with one attached hydrogen (secondary N) is 1. The molecule has 5 nitrogen and oxygen atoms in total. The minimum atomic E-state index is -0.223. The molecule has 0 spiro atoms. The second-order valence-corrected chi connectivity index (χ2v) is 6.40. The second-order valence-electron chi connectivity index (χ2n) is 4.45. The van der Waals surface area contributed by atoms with E-state index in [1.165, 1.54) is 11.3 Å². The molecule has 0 aliphatic heterocycles. The number of carbonyl (C=O) groups is 1. The van der Waals surface area contributed by atoms with E-state index in [4.69, 9.17) is 5.73 Å². The van der Waals surface area contributed by atoms with Gasteiger partial charge in [-0.1, -0.05) is 23.5 Å². The summed E-state index contributed by atoms with van der Waals surface area (Å²) in [6, 6.07) is 7.59. The third kappa shape index (κ3) is 2.74. The number of hydrogen-bond acceptors (Lipinski definition) is 5. The summed E-state index contributed by atoms with van der Waals surface area (Å²) >= 11 is 4.56. The zero-order chi connectivity index (χ0) is 15.0. The van der Waals surface area contributed by atoms with Crippen molar-refractivity contribution in [3.63, 3.8) is 0 Å². The Hall–Kier alpha value is -1.99. The number of hydrogen-bond donors (Lipinski definition) is 2. The first-order chi connectivity index (χ1) is 10.0. The number of nitrogens with two attached hydrogens (primary N) is 1. The molecule has 0 saturated carbocycles. The third-order valence-electron chi connectivity index (χ3n) is 2.95. The van der Waals surface area contributed by atoms with Gasteiger partial charge in [-0.2, -0.15) is 0 Å². The molecule has 1 amide bonds. The van der Waals surface area contributed by atoms with Crippen molar-refractivity contribution in [3.05, 3.63) is 45.5 Å². The topological polar surface area (TPSA) is 80.9 Å². The van der Waals surface area contributed by atoms with Crippen LogP contribution in [0.1, 0.15) is 15.4 Å². The van der Waals surface area contributed by atoms with Crippen molar-refractivity contribution in [3.8, 4) is 0 Å². The van der Waals surface area contributed by atoms with E-state index in [9.17, 15) is 4.79 Å². The quantitative estimate of drug-likeness (QED) is 0.729. The number of nitrogen functional groups attached to an aromatic ring is 1. The number of para-hydroxylation sites is 1. The number of thiazole rings is 1. The third-order valence-corrected chi connectivity index (χ3v) is 4.36. The van der Waals surface area contributed by atoms with Gasteiger partial charge >= 0.3 is 0 Å². The Labute approximate surface area is 133 Å². The monoisotopic (exact) mass is 362 g/mol. The molecule has 3 N–H and O–H groups in total. The van der Waals surface area contributed by atoms with Crippen LogP contribution < -0.4 is 11.1 Å². The van der Waals surface area contributed by atoms with Crippen LogP contribution in [0.4, 0.5) is 10.8 Å². The van der Waals surface area contributed by atoms with E-state index in [-0.39, 0.29) is 5.91 Å². The Balaban J connectivity index is 1.98. The van der Waals surface area contributed by atoms with Gasteiger partial charge < -0.3 is 11.1 Å². The van der Waals surface area contributed by atoms with E-state index in [1.54, 1.807) is 13.1 Å². The fraction of sp³-hybridized carbons (Fsp3) is 0.0714. The summed E-state index contributed by atoms with van der Waals surface area (Å²) in [4.78, 5) is 21.3. The number of carbonyl (C=O) groups excluding carboxylic acids is 1. The number of benzene rings is 1. The molecular weight excluding hydrogens is 352 g/mol. The van der Waals surface area contributed by atoms with Crippen LogP contribution in [-0.2, 0) is 0 Å². The smallest absolute Gasteiger partial charge is 0.267 e. The second kappa shape index (κ2) is 5.42. The molecule has 21 heavy (non-hydrogen) atoms. The van der Waals surface area contributed by atoms with Crippen molar-refractivity contribution < 1.29 is 4.79 Å². The molecule has 7 heteroatoms. The van der Waals surface area contributed by atoms with Crippen LogP contribution in [0.25, 0.3) is 10.9 Å². The standard InChI is InChI=1S/C14H11BrN4OS/c1-7-12(21-14(16)18-7)13(20)19-10-4-2-3-8-5-9(15)6-17-11(8)10/h2-6H,1H3,(H2,16,18)(H,19,20). The Morgan fingerprint density at radius 1 is 1.43 bits per heavy atom. The highest BCUT2D eigenvalue weighted by molar-refractivity contribution is 9.10. The summed E-state index contributed by atoms with van der Waals surface area (Å²) in [7, 11) is 0. The first-order valence-corrected chi connectivity index (χ1v) is 7.74. The van der Waals surface area contributed by atoms with E-state index >= 15 is 0 Å². The van der Waals surface area contributed by atoms with Gasteiger partial charge in [0.25, 0.3) is 5.91 Å². The SMILES string of the molecule is Cc1nc(N)sc1C(=O)Nc1cccc2cc(Br)cnc12. The average molecular weight is 363 g/mol. The lowest BCUT2D eigenvalue weighted by atomic mass is 10.2. The molecule has 3 aromatic rings. The van der Waals surface area contributed by atoms with Gasteiger partial charge in [-0.25, -0.2) is 4.98 Å². The molecule has 106 valence electrons. The zero-order valence-electron chi connectivity index (χ0n) is 11.1. The van der Waals surface area contributed by atoms with Crippen molar-refractivity contribution in [2.45, 2.75) is 6.92 Å². The fourth-order valence-corrected chi connectivity index (χ4v) is 3.12. The largest absolute Gasteiger partial charge is 0.375 e. The zero-order valence-corrected chi connectivity index (χ0v) is 13.5. The molecular formula is C14H11BrN4OS. The summed E-state index contributed by atoms with van der Waals surface area (Å²) in [5, 5.41) is 4.21. The van der Waals surface area contributed by atoms with Crippen LogP contribution in [0.3, 0.4) is 0 Å². The minimum absolute atomic E-state index is 0.223. The summed E-state index contributed by atoms with van der Waals surface area (Å²) in [5.74, 6) is -0.223. The highest BCUT2D eigenvalue weighted by atomic mass is 79.9. The van der Waals surface area contributed by atoms with Gasteiger partial charge in [-0.05, 0) is 35.0 Å². The number of fused-ring (bicyclic) bond motifs is 1. The molecule has 0 radical (unpaired) electrons. The van der Waals surface area contributed by atoms with Gasteiger partial charge in [0.05, 0.1) is 16.9 Å². The number of pyridine rings is 1. The maximum absolute atomic E-state index is 12.3. The molecule has 0 aliphatic carbocycles. The van der Waals surface area contributed by atoms with Gasteiger partial charge in [0.15, 0.2) is 5.13 Å². The molecule has 2 aromatic heterocycles. The number of aryl methyl sites for hydroxylation is 1. The number of aromatic nitrogens is 2. The van der Waals surface area contributed by atoms with Crippen molar-refractivity contribution in [2.24, 2.45) is 0 Å². The maximum atomic E-state index is 12.3.